The Hall–Kier alpha value is -1.65. The Balaban J connectivity index is 1.65. The van der Waals surface area contributed by atoms with E-state index in [4.69, 9.17) is 9.31 Å². The molecule has 0 atom stereocenters. The SMILES string of the molecule is CC1(C)OB(CCC(=O)c2ccc3ccccc3c2)OC1(C)C. The predicted octanol–water partition coefficient (Wildman–Crippen LogP) is 4.50. The number of benzene rings is 2. The fraction of sp³-hybridized carbons (Fsp3) is 0.421. The van der Waals surface area contributed by atoms with Crippen molar-refractivity contribution in [2.45, 2.75) is 51.6 Å². The highest BCUT2D eigenvalue weighted by molar-refractivity contribution is 6.46. The van der Waals surface area contributed by atoms with Crippen LogP contribution in [0.25, 0.3) is 10.8 Å². The van der Waals surface area contributed by atoms with Gasteiger partial charge in [0.1, 0.15) is 0 Å². The van der Waals surface area contributed by atoms with Crippen LogP contribution in [-0.4, -0.2) is 24.1 Å². The highest BCUT2D eigenvalue weighted by Gasteiger charge is 2.50. The van der Waals surface area contributed by atoms with Gasteiger partial charge in [-0.2, -0.15) is 0 Å². The van der Waals surface area contributed by atoms with Crippen LogP contribution < -0.4 is 0 Å². The van der Waals surface area contributed by atoms with Crippen molar-refractivity contribution in [1.29, 1.82) is 0 Å². The molecule has 2 aromatic carbocycles. The lowest BCUT2D eigenvalue weighted by Crippen LogP contribution is -2.41. The largest absolute Gasteiger partial charge is 0.458 e. The topological polar surface area (TPSA) is 35.5 Å². The van der Waals surface area contributed by atoms with E-state index in [1.807, 2.05) is 70.2 Å². The third-order valence-electron chi connectivity index (χ3n) is 4.98. The van der Waals surface area contributed by atoms with Gasteiger partial charge in [-0.05, 0) is 50.9 Å². The molecule has 0 aromatic heterocycles. The maximum absolute atomic E-state index is 12.5. The van der Waals surface area contributed by atoms with Crippen LogP contribution in [0, 0.1) is 0 Å². The third-order valence-corrected chi connectivity index (χ3v) is 4.98. The maximum atomic E-state index is 12.5. The molecule has 1 fully saturated rings. The van der Waals surface area contributed by atoms with Crippen molar-refractivity contribution >= 4 is 23.7 Å². The average molecular weight is 310 g/mol. The minimum absolute atomic E-state index is 0.130. The van der Waals surface area contributed by atoms with E-state index in [0.717, 1.165) is 16.3 Å². The summed E-state index contributed by atoms with van der Waals surface area (Å²) in [5, 5.41) is 2.24. The second kappa shape index (κ2) is 5.77. The summed E-state index contributed by atoms with van der Waals surface area (Å²) in [5.41, 5.74) is 0.0630. The molecule has 1 saturated heterocycles. The number of carbonyl (C=O) groups excluding carboxylic acids is 1. The molecule has 23 heavy (non-hydrogen) atoms. The van der Waals surface area contributed by atoms with Crippen molar-refractivity contribution < 1.29 is 14.1 Å². The summed E-state index contributed by atoms with van der Waals surface area (Å²) in [4.78, 5) is 12.5. The Morgan fingerprint density at radius 2 is 1.57 bits per heavy atom. The van der Waals surface area contributed by atoms with Crippen LogP contribution in [0.3, 0.4) is 0 Å². The van der Waals surface area contributed by atoms with Gasteiger partial charge in [0.15, 0.2) is 5.78 Å². The molecule has 0 bridgehead atoms. The van der Waals surface area contributed by atoms with Crippen molar-refractivity contribution in [3.8, 4) is 0 Å². The first kappa shape index (κ1) is 16.2. The lowest BCUT2D eigenvalue weighted by Gasteiger charge is -2.32. The Morgan fingerprint density at radius 1 is 0.957 bits per heavy atom. The average Bonchev–Trinajstić information content (AvgIpc) is 2.72. The van der Waals surface area contributed by atoms with Gasteiger partial charge < -0.3 is 9.31 Å². The zero-order valence-corrected chi connectivity index (χ0v) is 14.3. The molecule has 0 amide bonds. The normalized spacial score (nSPS) is 19.2. The summed E-state index contributed by atoms with van der Waals surface area (Å²) in [6.07, 6.45) is 1.01. The maximum Gasteiger partial charge on any atom is 0.458 e. The zero-order valence-electron chi connectivity index (χ0n) is 14.3. The van der Waals surface area contributed by atoms with Crippen LogP contribution in [0.2, 0.25) is 6.32 Å². The molecule has 3 rings (SSSR count). The molecule has 120 valence electrons. The Bertz CT molecular complexity index is 720. The monoisotopic (exact) mass is 310 g/mol. The number of fused-ring (bicyclic) bond motifs is 1. The van der Waals surface area contributed by atoms with Crippen molar-refractivity contribution in [2.24, 2.45) is 0 Å². The minimum atomic E-state index is -0.344. The molecule has 1 aliphatic rings. The summed E-state index contributed by atoms with van der Waals surface area (Å²) in [6.45, 7) is 8.10. The van der Waals surface area contributed by atoms with Crippen molar-refractivity contribution in [3.63, 3.8) is 0 Å². The first-order chi connectivity index (χ1) is 10.8. The highest BCUT2D eigenvalue weighted by Crippen LogP contribution is 2.38. The summed E-state index contributed by atoms with van der Waals surface area (Å²) < 4.78 is 11.9. The quantitative estimate of drug-likeness (QED) is 0.616. The van der Waals surface area contributed by atoms with E-state index in [1.54, 1.807) is 0 Å². The summed E-state index contributed by atoms with van der Waals surface area (Å²) in [5.74, 6) is 0.130. The molecule has 0 saturated carbocycles. The predicted molar refractivity (Wildman–Crippen MR) is 93.8 cm³/mol. The Labute approximate surface area is 138 Å². The molecule has 0 unspecified atom stereocenters. The van der Waals surface area contributed by atoms with Gasteiger partial charge in [0, 0.05) is 12.0 Å². The van der Waals surface area contributed by atoms with E-state index in [1.165, 1.54) is 0 Å². The summed E-state index contributed by atoms with van der Waals surface area (Å²) in [7, 11) is -0.315. The van der Waals surface area contributed by atoms with E-state index < -0.39 is 0 Å². The third kappa shape index (κ3) is 3.19. The molecule has 0 radical (unpaired) electrons. The zero-order chi connectivity index (χ0) is 16.7. The van der Waals surface area contributed by atoms with E-state index in [-0.39, 0.29) is 24.1 Å². The second-order valence-electron chi connectivity index (χ2n) is 7.21. The first-order valence-electron chi connectivity index (χ1n) is 8.16. The standard InChI is InChI=1S/C19H23BO3/c1-18(2)19(3,4)23-20(22-18)12-11-17(21)16-10-9-14-7-5-6-8-15(14)13-16/h5-10,13H,11-12H2,1-4H3. The summed E-state index contributed by atoms with van der Waals surface area (Å²) in [6, 6.07) is 13.9. The fourth-order valence-electron chi connectivity index (χ4n) is 2.84. The second-order valence-corrected chi connectivity index (χ2v) is 7.21. The fourth-order valence-corrected chi connectivity index (χ4v) is 2.84. The van der Waals surface area contributed by atoms with Gasteiger partial charge >= 0.3 is 7.12 Å². The van der Waals surface area contributed by atoms with E-state index in [2.05, 4.69) is 0 Å². The van der Waals surface area contributed by atoms with Crippen LogP contribution in [0.15, 0.2) is 42.5 Å². The van der Waals surface area contributed by atoms with Crippen molar-refractivity contribution in [2.75, 3.05) is 0 Å². The van der Waals surface area contributed by atoms with Gasteiger partial charge in [0.05, 0.1) is 11.2 Å². The molecule has 4 heteroatoms. The van der Waals surface area contributed by atoms with Gasteiger partial charge in [-0.15, -0.1) is 0 Å². The van der Waals surface area contributed by atoms with Gasteiger partial charge in [0.25, 0.3) is 0 Å². The van der Waals surface area contributed by atoms with Crippen molar-refractivity contribution in [3.05, 3.63) is 48.0 Å². The van der Waals surface area contributed by atoms with Crippen LogP contribution in [-0.2, 0) is 9.31 Å². The molecular weight excluding hydrogens is 287 g/mol. The van der Waals surface area contributed by atoms with E-state index >= 15 is 0 Å². The van der Waals surface area contributed by atoms with Gasteiger partial charge in [-0.25, -0.2) is 0 Å². The van der Waals surface area contributed by atoms with Crippen LogP contribution >= 0.6 is 0 Å². The molecule has 0 spiro atoms. The highest BCUT2D eigenvalue weighted by atomic mass is 16.7. The molecule has 3 nitrogen and oxygen atoms in total. The smallest absolute Gasteiger partial charge is 0.403 e. The molecule has 1 aliphatic heterocycles. The first-order valence-corrected chi connectivity index (χ1v) is 8.16. The Kier molecular flexibility index (Phi) is 4.07. The molecule has 1 heterocycles. The van der Waals surface area contributed by atoms with Gasteiger partial charge in [0.2, 0.25) is 0 Å². The number of carbonyl (C=O) groups is 1. The van der Waals surface area contributed by atoms with E-state index in [0.29, 0.717) is 12.7 Å². The molecule has 0 N–H and O–H groups in total. The minimum Gasteiger partial charge on any atom is -0.403 e. The number of ketones is 1. The van der Waals surface area contributed by atoms with Crippen molar-refractivity contribution in [1.82, 2.24) is 0 Å². The van der Waals surface area contributed by atoms with Gasteiger partial charge in [-0.1, -0.05) is 36.4 Å². The van der Waals surface area contributed by atoms with Gasteiger partial charge in [-0.3, -0.25) is 4.79 Å². The summed E-state index contributed by atoms with van der Waals surface area (Å²) >= 11 is 0. The number of rotatable bonds is 4. The Morgan fingerprint density at radius 3 is 2.22 bits per heavy atom. The molecular formula is C19H23BO3. The lowest BCUT2D eigenvalue weighted by molar-refractivity contribution is 0.00578. The van der Waals surface area contributed by atoms with Crippen LogP contribution in [0.4, 0.5) is 0 Å². The molecule has 2 aromatic rings. The van der Waals surface area contributed by atoms with Crippen LogP contribution in [0.5, 0.6) is 0 Å². The number of hydrogen-bond donors (Lipinski definition) is 0. The lowest BCUT2D eigenvalue weighted by atomic mass is 9.81. The number of hydrogen-bond acceptors (Lipinski definition) is 3. The van der Waals surface area contributed by atoms with Crippen LogP contribution in [0.1, 0.15) is 44.5 Å². The van der Waals surface area contributed by atoms with E-state index in [9.17, 15) is 4.79 Å². The molecule has 0 aliphatic carbocycles. The number of Topliss-reactive ketones (excluding diaryl/α,β-unsaturated/α-hetero) is 1.